The predicted molar refractivity (Wildman–Crippen MR) is 130 cm³/mol. The molecule has 1 aliphatic heterocycles. The zero-order chi connectivity index (χ0) is 24.0. The molecule has 1 saturated heterocycles. The highest BCUT2D eigenvalue weighted by atomic mass is 79.9. The maximum absolute atomic E-state index is 12.5. The SMILES string of the molecule is C=CCc1cc(/C=C2/SC(=O)N(CC(=O)O)C2=O)cc(OCC)c1OCc1ccc(Br)cc1. The zero-order valence-electron chi connectivity index (χ0n) is 17.9. The van der Waals surface area contributed by atoms with Gasteiger partial charge in [-0.15, -0.1) is 6.58 Å². The minimum absolute atomic E-state index is 0.150. The Morgan fingerprint density at radius 3 is 2.58 bits per heavy atom. The number of carboxylic acids is 1. The van der Waals surface area contributed by atoms with Crippen LogP contribution in [0.3, 0.4) is 0 Å². The molecule has 0 saturated carbocycles. The molecule has 0 radical (unpaired) electrons. The number of hydrogen-bond acceptors (Lipinski definition) is 6. The molecule has 0 spiro atoms. The second kappa shape index (κ2) is 11.2. The lowest BCUT2D eigenvalue weighted by atomic mass is 10.0. The molecule has 1 heterocycles. The lowest BCUT2D eigenvalue weighted by molar-refractivity contribution is -0.140. The first kappa shape index (κ1) is 24.6. The van der Waals surface area contributed by atoms with Gasteiger partial charge in [0, 0.05) is 10.0 Å². The number of ether oxygens (including phenoxy) is 2. The Balaban J connectivity index is 1.93. The molecule has 0 aromatic heterocycles. The third-order valence-electron chi connectivity index (χ3n) is 4.58. The fourth-order valence-corrected chi connectivity index (χ4v) is 4.26. The maximum atomic E-state index is 12.5. The summed E-state index contributed by atoms with van der Waals surface area (Å²) < 4.78 is 12.9. The quantitative estimate of drug-likeness (QED) is 0.329. The molecule has 172 valence electrons. The molecule has 0 atom stereocenters. The van der Waals surface area contributed by atoms with Crippen molar-refractivity contribution < 1.29 is 29.0 Å². The first-order valence-electron chi connectivity index (χ1n) is 10.1. The van der Waals surface area contributed by atoms with E-state index in [4.69, 9.17) is 14.6 Å². The number of rotatable bonds is 10. The van der Waals surface area contributed by atoms with Crippen LogP contribution in [0.5, 0.6) is 11.5 Å². The second-order valence-corrected chi connectivity index (χ2v) is 8.92. The smallest absolute Gasteiger partial charge is 0.323 e. The average Bonchev–Trinajstić information content (AvgIpc) is 3.02. The van der Waals surface area contributed by atoms with E-state index >= 15 is 0 Å². The monoisotopic (exact) mass is 531 g/mol. The molecule has 0 bridgehead atoms. The van der Waals surface area contributed by atoms with Gasteiger partial charge in [0.05, 0.1) is 11.5 Å². The van der Waals surface area contributed by atoms with Crippen molar-refractivity contribution in [2.75, 3.05) is 13.2 Å². The summed E-state index contributed by atoms with van der Waals surface area (Å²) in [5.74, 6) is -0.801. The van der Waals surface area contributed by atoms with Crippen molar-refractivity contribution in [1.82, 2.24) is 4.90 Å². The number of hydrogen-bond donors (Lipinski definition) is 1. The summed E-state index contributed by atoms with van der Waals surface area (Å²) in [5, 5.41) is 8.32. The normalized spacial score (nSPS) is 14.6. The van der Waals surface area contributed by atoms with E-state index in [0.717, 1.165) is 15.6 Å². The van der Waals surface area contributed by atoms with Crippen LogP contribution in [0, 0.1) is 0 Å². The molecule has 1 aliphatic rings. The lowest BCUT2D eigenvalue weighted by Gasteiger charge is -2.17. The Morgan fingerprint density at radius 1 is 1.21 bits per heavy atom. The number of nitrogens with zero attached hydrogens (tertiary/aromatic N) is 1. The molecule has 9 heteroatoms. The summed E-state index contributed by atoms with van der Waals surface area (Å²) in [4.78, 5) is 36.4. The first-order chi connectivity index (χ1) is 15.8. The number of imide groups is 1. The van der Waals surface area contributed by atoms with Crippen molar-refractivity contribution >= 4 is 50.9 Å². The number of benzene rings is 2. The molecule has 2 amide bonds. The summed E-state index contributed by atoms with van der Waals surface area (Å²) in [6.45, 7) is 5.74. The summed E-state index contributed by atoms with van der Waals surface area (Å²) in [5.41, 5.74) is 2.43. The molecule has 1 fully saturated rings. The molecule has 3 rings (SSSR count). The Labute approximate surface area is 204 Å². The molecular formula is C24H22BrNO6S. The highest BCUT2D eigenvalue weighted by molar-refractivity contribution is 9.10. The van der Waals surface area contributed by atoms with Crippen LogP contribution in [-0.2, 0) is 22.6 Å². The van der Waals surface area contributed by atoms with E-state index in [1.807, 2.05) is 37.3 Å². The van der Waals surface area contributed by atoms with Gasteiger partial charge < -0.3 is 14.6 Å². The average molecular weight is 532 g/mol. The van der Waals surface area contributed by atoms with Crippen molar-refractivity contribution in [1.29, 1.82) is 0 Å². The standard InChI is InChI=1S/C24H22BrNO6S/c1-3-5-17-10-16(12-20-23(29)26(13-21(27)28)24(30)33-20)11-19(31-4-2)22(17)32-14-15-6-8-18(25)9-7-15/h3,6-12H,1,4-5,13-14H2,2H3,(H,27,28)/b20-12+. The van der Waals surface area contributed by atoms with Crippen LogP contribution < -0.4 is 9.47 Å². The Bertz CT molecular complexity index is 1110. The number of allylic oxidation sites excluding steroid dienone is 1. The van der Waals surface area contributed by atoms with Crippen molar-refractivity contribution in [2.24, 2.45) is 0 Å². The molecular weight excluding hydrogens is 510 g/mol. The lowest BCUT2D eigenvalue weighted by Crippen LogP contribution is -2.33. The largest absolute Gasteiger partial charge is 0.490 e. The molecule has 33 heavy (non-hydrogen) atoms. The third-order valence-corrected chi connectivity index (χ3v) is 6.02. The van der Waals surface area contributed by atoms with E-state index in [9.17, 15) is 14.4 Å². The number of thioether (sulfide) groups is 1. The fraction of sp³-hybridized carbons (Fsp3) is 0.208. The van der Waals surface area contributed by atoms with Gasteiger partial charge in [-0.2, -0.15) is 0 Å². The van der Waals surface area contributed by atoms with Crippen LogP contribution >= 0.6 is 27.7 Å². The topological polar surface area (TPSA) is 93.1 Å². The molecule has 7 nitrogen and oxygen atoms in total. The molecule has 1 N–H and O–H groups in total. The number of carbonyl (C=O) groups is 3. The third kappa shape index (κ3) is 6.27. The molecule has 2 aromatic carbocycles. The number of amides is 2. The van der Waals surface area contributed by atoms with Gasteiger partial charge in [-0.25, -0.2) is 0 Å². The summed E-state index contributed by atoms with van der Waals surface area (Å²) in [7, 11) is 0. The van der Waals surface area contributed by atoms with E-state index in [2.05, 4.69) is 22.5 Å². The summed E-state index contributed by atoms with van der Waals surface area (Å²) in [6.07, 6.45) is 3.79. The number of aliphatic carboxylic acids is 1. The van der Waals surface area contributed by atoms with Crippen molar-refractivity contribution in [3.63, 3.8) is 0 Å². The van der Waals surface area contributed by atoms with Gasteiger partial charge in [0.1, 0.15) is 13.2 Å². The van der Waals surface area contributed by atoms with Crippen molar-refractivity contribution in [2.45, 2.75) is 20.0 Å². The van der Waals surface area contributed by atoms with Crippen LogP contribution in [0.2, 0.25) is 0 Å². The molecule has 0 aliphatic carbocycles. The van der Waals surface area contributed by atoms with E-state index in [1.54, 1.807) is 18.2 Å². The van der Waals surface area contributed by atoms with E-state index in [1.165, 1.54) is 0 Å². The minimum atomic E-state index is -1.25. The van der Waals surface area contributed by atoms with Gasteiger partial charge in [-0.3, -0.25) is 19.3 Å². The second-order valence-electron chi connectivity index (χ2n) is 7.01. The highest BCUT2D eigenvalue weighted by Crippen LogP contribution is 2.37. The van der Waals surface area contributed by atoms with E-state index in [0.29, 0.717) is 53.4 Å². The number of carboxylic acid groups (broad SMARTS) is 1. The fourth-order valence-electron chi connectivity index (χ4n) is 3.16. The highest BCUT2D eigenvalue weighted by Gasteiger charge is 2.36. The van der Waals surface area contributed by atoms with Gasteiger partial charge in [0.15, 0.2) is 11.5 Å². The first-order valence-corrected chi connectivity index (χ1v) is 11.7. The van der Waals surface area contributed by atoms with E-state index in [-0.39, 0.29) is 4.91 Å². The number of carbonyl (C=O) groups excluding carboxylic acids is 2. The molecule has 0 unspecified atom stereocenters. The van der Waals surface area contributed by atoms with Gasteiger partial charge in [0.25, 0.3) is 11.1 Å². The Morgan fingerprint density at radius 2 is 1.94 bits per heavy atom. The van der Waals surface area contributed by atoms with Crippen LogP contribution in [0.1, 0.15) is 23.6 Å². The van der Waals surface area contributed by atoms with Crippen LogP contribution in [0.15, 0.2) is 58.4 Å². The predicted octanol–water partition coefficient (Wildman–Crippen LogP) is 5.28. The minimum Gasteiger partial charge on any atom is -0.490 e. The van der Waals surface area contributed by atoms with Crippen LogP contribution in [0.4, 0.5) is 4.79 Å². The zero-order valence-corrected chi connectivity index (χ0v) is 20.3. The Kier molecular flexibility index (Phi) is 8.35. The molecule has 2 aromatic rings. The van der Waals surface area contributed by atoms with Gasteiger partial charge >= 0.3 is 5.97 Å². The van der Waals surface area contributed by atoms with E-state index < -0.39 is 23.7 Å². The number of halogens is 1. The summed E-state index contributed by atoms with van der Waals surface area (Å²) in [6, 6.07) is 11.4. The van der Waals surface area contributed by atoms with Crippen LogP contribution in [0.25, 0.3) is 6.08 Å². The Hall–Kier alpha value is -3.04. The van der Waals surface area contributed by atoms with Crippen molar-refractivity contribution in [3.05, 3.63) is 75.1 Å². The van der Waals surface area contributed by atoms with Gasteiger partial charge in [-0.1, -0.05) is 34.1 Å². The summed E-state index contributed by atoms with van der Waals surface area (Å²) >= 11 is 4.13. The van der Waals surface area contributed by atoms with Gasteiger partial charge in [0.2, 0.25) is 0 Å². The van der Waals surface area contributed by atoms with Crippen LogP contribution in [-0.4, -0.2) is 40.3 Å². The van der Waals surface area contributed by atoms with Crippen molar-refractivity contribution in [3.8, 4) is 11.5 Å². The maximum Gasteiger partial charge on any atom is 0.323 e. The van der Waals surface area contributed by atoms with Gasteiger partial charge in [-0.05, 0) is 66.6 Å².